The van der Waals surface area contributed by atoms with Crippen LogP contribution in [0.3, 0.4) is 0 Å². The standard InChI is InChI=1S/C15H19ClO2/c1-11(2)14(16)9-10-15(18-12(3)17)13-7-5-4-6-8-13/h4-8H2,1-3H3. The molecule has 3 heteroatoms. The molecule has 1 fully saturated rings. The topological polar surface area (TPSA) is 26.3 Å². The van der Waals surface area contributed by atoms with Gasteiger partial charge in [0.05, 0.1) is 5.03 Å². The van der Waals surface area contributed by atoms with Gasteiger partial charge in [0.2, 0.25) is 0 Å². The largest absolute Gasteiger partial charge is 0.417 e. The number of rotatable bonds is 1. The van der Waals surface area contributed by atoms with E-state index in [9.17, 15) is 4.79 Å². The normalized spacial score (nSPS) is 14.3. The van der Waals surface area contributed by atoms with Gasteiger partial charge in [-0.2, -0.15) is 0 Å². The van der Waals surface area contributed by atoms with Gasteiger partial charge in [0, 0.05) is 6.92 Å². The summed E-state index contributed by atoms with van der Waals surface area (Å²) < 4.78 is 5.21. The van der Waals surface area contributed by atoms with Crippen molar-refractivity contribution in [2.24, 2.45) is 0 Å². The van der Waals surface area contributed by atoms with Gasteiger partial charge in [-0.05, 0) is 62.5 Å². The summed E-state index contributed by atoms with van der Waals surface area (Å²) in [5.41, 5.74) is 2.10. The van der Waals surface area contributed by atoms with Crippen LogP contribution in [0.5, 0.6) is 0 Å². The highest BCUT2D eigenvalue weighted by Crippen LogP contribution is 2.26. The fourth-order valence-corrected chi connectivity index (χ4v) is 1.82. The van der Waals surface area contributed by atoms with Crippen molar-refractivity contribution in [3.8, 4) is 11.8 Å². The molecule has 0 unspecified atom stereocenters. The molecule has 0 aromatic rings. The molecule has 0 spiro atoms. The van der Waals surface area contributed by atoms with Gasteiger partial charge in [0.1, 0.15) is 0 Å². The molecule has 0 radical (unpaired) electrons. The molecule has 0 aliphatic heterocycles. The van der Waals surface area contributed by atoms with Gasteiger partial charge in [-0.15, -0.1) is 0 Å². The molecule has 0 aromatic carbocycles. The first kappa shape index (κ1) is 14.9. The van der Waals surface area contributed by atoms with Crippen molar-refractivity contribution in [3.05, 3.63) is 21.9 Å². The van der Waals surface area contributed by atoms with Crippen LogP contribution in [0, 0.1) is 11.8 Å². The number of allylic oxidation sites excluding steroid dienone is 4. The monoisotopic (exact) mass is 266 g/mol. The molecule has 1 saturated carbocycles. The first-order valence-corrected chi connectivity index (χ1v) is 6.64. The molecule has 98 valence electrons. The van der Waals surface area contributed by atoms with Gasteiger partial charge in [-0.1, -0.05) is 18.0 Å². The Kier molecular flexibility index (Phi) is 6.01. The van der Waals surface area contributed by atoms with Crippen molar-refractivity contribution >= 4 is 17.6 Å². The van der Waals surface area contributed by atoms with Crippen molar-refractivity contribution in [3.63, 3.8) is 0 Å². The fraction of sp³-hybridized carbons (Fsp3) is 0.533. The third-order valence-corrected chi connectivity index (χ3v) is 3.22. The zero-order valence-electron chi connectivity index (χ0n) is 11.2. The van der Waals surface area contributed by atoms with E-state index in [-0.39, 0.29) is 5.97 Å². The Hall–Kier alpha value is -1.20. The maximum atomic E-state index is 11.1. The number of hydrogen-bond donors (Lipinski definition) is 0. The van der Waals surface area contributed by atoms with Crippen LogP contribution in [-0.2, 0) is 9.53 Å². The van der Waals surface area contributed by atoms with E-state index in [0.29, 0.717) is 10.8 Å². The SMILES string of the molecule is CC(=O)OC(C#CC(Cl)=C(C)C)=C1CCCCC1. The predicted octanol–water partition coefficient (Wildman–Crippen LogP) is 4.30. The van der Waals surface area contributed by atoms with Crippen molar-refractivity contribution in [1.82, 2.24) is 0 Å². The van der Waals surface area contributed by atoms with E-state index in [1.807, 2.05) is 13.8 Å². The van der Waals surface area contributed by atoms with Crippen molar-refractivity contribution in [1.29, 1.82) is 0 Å². The van der Waals surface area contributed by atoms with Crippen LogP contribution >= 0.6 is 11.6 Å². The summed E-state index contributed by atoms with van der Waals surface area (Å²) in [6, 6.07) is 0. The van der Waals surface area contributed by atoms with Crippen LogP contribution in [0.15, 0.2) is 21.9 Å². The van der Waals surface area contributed by atoms with E-state index >= 15 is 0 Å². The van der Waals surface area contributed by atoms with Gasteiger partial charge in [-0.25, -0.2) is 0 Å². The third kappa shape index (κ3) is 4.98. The summed E-state index contributed by atoms with van der Waals surface area (Å²) >= 11 is 5.98. The second-order valence-corrected chi connectivity index (χ2v) is 5.03. The molecule has 1 aliphatic rings. The number of carbonyl (C=O) groups is 1. The van der Waals surface area contributed by atoms with Gasteiger partial charge < -0.3 is 4.74 Å². The number of ether oxygens (including phenoxy) is 1. The predicted molar refractivity (Wildman–Crippen MR) is 73.9 cm³/mol. The lowest BCUT2D eigenvalue weighted by Crippen LogP contribution is -2.04. The zero-order valence-corrected chi connectivity index (χ0v) is 12.0. The maximum absolute atomic E-state index is 11.1. The Bertz CT molecular complexity index is 435. The lowest BCUT2D eigenvalue weighted by Gasteiger charge is -2.15. The van der Waals surface area contributed by atoms with E-state index in [1.54, 1.807) is 0 Å². The number of halogens is 1. The summed E-state index contributed by atoms with van der Waals surface area (Å²) in [4.78, 5) is 11.1. The molecule has 0 bridgehead atoms. The lowest BCUT2D eigenvalue weighted by atomic mass is 9.94. The highest BCUT2D eigenvalue weighted by Gasteiger charge is 2.12. The molecule has 0 atom stereocenters. The van der Waals surface area contributed by atoms with E-state index in [2.05, 4.69) is 11.8 Å². The Morgan fingerprint density at radius 1 is 1.11 bits per heavy atom. The molecule has 0 saturated heterocycles. The summed E-state index contributed by atoms with van der Waals surface area (Å²) in [6.07, 6.45) is 5.43. The van der Waals surface area contributed by atoms with Crippen molar-refractivity contribution in [2.75, 3.05) is 0 Å². The van der Waals surface area contributed by atoms with Crippen LogP contribution in [0.1, 0.15) is 52.9 Å². The van der Waals surface area contributed by atoms with Gasteiger partial charge >= 0.3 is 5.97 Å². The molecule has 1 aliphatic carbocycles. The minimum absolute atomic E-state index is 0.328. The van der Waals surface area contributed by atoms with E-state index < -0.39 is 0 Å². The average Bonchev–Trinajstić information content (AvgIpc) is 2.34. The Balaban J connectivity index is 2.98. The summed E-state index contributed by atoms with van der Waals surface area (Å²) in [6.45, 7) is 5.19. The van der Waals surface area contributed by atoms with Crippen LogP contribution in [0.4, 0.5) is 0 Å². The minimum Gasteiger partial charge on any atom is -0.417 e. The van der Waals surface area contributed by atoms with Crippen LogP contribution in [0.2, 0.25) is 0 Å². The lowest BCUT2D eigenvalue weighted by molar-refractivity contribution is -0.136. The molecule has 0 N–H and O–H groups in total. The summed E-state index contributed by atoms with van der Waals surface area (Å²) in [5.74, 6) is 5.92. The molecule has 1 rings (SSSR count). The molecule has 0 aromatic heterocycles. The molecule has 2 nitrogen and oxygen atoms in total. The van der Waals surface area contributed by atoms with Crippen molar-refractivity contribution < 1.29 is 9.53 Å². The molecule has 18 heavy (non-hydrogen) atoms. The molecular formula is C15H19ClO2. The van der Waals surface area contributed by atoms with Crippen LogP contribution < -0.4 is 0 Å². The van der Waals surface area contributed by atoms with Gasteiger partial charge in [0.25, 0.3) is 0 Å². The number of carbonyl (C=O) groups excluding carboxylic acids is 1. The fourth-order valence-electron chi connectivity index (χ4n) is 1.77. The first-order valence-electron chi connectivity index (χ1n) is 6.26. The molecule has 0 amide bonds. The van der Waals surface area contributed by atoms with Gasteiger partial charge in [-0.3, -0.25) is 4.79 Å². The first-order chi connectivity index (χ1) is 8.50. The highest BCUT2D eigenvalue weighted by atomic mass is 35.5. The summed E-state index contributed by atoms with van der Waals surface area (Å²) in [5, 5.41) is 0.510. The quantitative estimate of drug-likeness (QED) is 0.402. The maximum Gasteiger partial charge on any atom is 0.308 e. The van der Waals surface area contributed by atoms with E-state index in [0.717, 1.165) is 36.8 Å². The third-order valence-electron chi connectivity index (χ3n) is 2.75. The summed E-state index contributed by atoms with van der Waals surface area (Å²) in [7, 11) is 0. The van der Waals surface area contributed by atoms with Crippen LogP contribution in [0.25, 0.3) is 0 Å². The smallest absolute Gasteiger partial charge is 0.308 e. The van der Waals surface area contributed by atoms with Gasteiger partial charge in [0.15, 0.2) is 5.76 Å². The number of hydrogen-bond acceptors (Lipinski definition) is 2. The van der Waals surface area contributed by atoms with E-state index in [4.69, 9.17) is 16.3 Å². The second kappa shape index (κ2) is 7.28. The highest BCUT2D eigenvalue weighted by molar-refractivity contribution is 6.32. The van der Waals surface area contributed by atoms with E-state index in [1.165, 1.54) is 13.3 Å². The Morgan fingerprint density at radius 2 is 1.72 bits per heavy atom. The minimum atomic E-state index is -0.328. The Labute approximate surface area is 114 Å². The molecule has 0 heterocycles. The van der Waals surface area contributed by atoms with Crippen LogP contribution in [-0.4, -0.2) is 5.97 Å². The zero-order chi connectivity index (χ0) is 13.5. The Morgan fingerprint density at radius 3 is 2.22 bits per heavy atom. The average molecular weight is 267 g/mol. The number of esters is 1. The van der Waals surface area contributed by atoms with Crippen molar-refractivity contribution in [2.45, 2.75) is 52.9 Å². The molecular weight excluding hydrogens is 248 g/mol. The second-order valence-electron chi connectivity index (χ2n) is 4.65.